The highest BCUT2D eigenvalue weighted by atomic mass is 16.6. The van der Waals surface area contributed by atoms with Crippen LogP contribution in [0.3, 0.4) is 0 Å². The Morgan fingerprint density at radius 2 is 1.76 bits per heavy atom. The summed E-state index contributed by atoms with van der Waals surface area (Å²) in [6, 6.07) is 5.44. The zero-order valence-electron chi connectivity index (χ0n) is 20.6. The van der Waals surface area contributed by atoms with Gasteiger partial charge in [0, 0.05) is 17.0 Å². The third-order valence-electron chi connectivity index (χ3n) is 5.07. The molecule has 0 spiro atoms. The number of carbonyl (C=O) groups is 3. The van der Waals surface area contributed by atoms with Gasteiger partial charge in [-0.1, -0.05) is 17.9 Å². The summed E-state index contributed by atoms with van der Waals surface area (Å²) in [4.78, 5) is 37.5. The summed E-state index contributed by atoms with van der Waals surface area (Å²) in [7, 11) is 1.21. The number of hydrogen-bond acceptors (Lipinski definition) is 5. The number of rotatable bonds is 6. The summed E-state index contributed by atoms with van der Waals surface area (Å²) < 4.78 is 10.1. The monoisotopic (exact) mass is 464 g/mol. The van der Waals surface area contributed by atoms with E-state index in [0.29, 0.717) is 23.0 Å². The number of amides is 2. The quantitative estimate of drug-likeness (QED) is 0.382. The minimum Gasteiger partial charge on any atom is -0.467 e. The van der Waals surface area contributed by atoms with Crippen LogP contribution >= 0.6 is 0 Å². The lowest BCUT2D eigenvalue weighted by atomic mass is 9.94. The lowest BCUT2D eigenvalue weighted by Gasteiger charge is -2.34. The van der Waals surface area contributed by atoms with E-state index in [1.807, 2.05) is 6.08 Å². The van der Waals surface area contributed by atoms with E-state index in [-0.39, 0.29) is 0 Å². The first-order valence-corrected chi connectivity index (χ1v) is 11.0. The number of esters is 1. The molecule has 0 aromatic heterocycles. The summed E-state index contributed by atoms with van der Waals surface area (Å²) in [6.07, 6.45) is 2.24. The molecule has 7 nitrogen and oxygen atoms in total. The van der Waals surface area contributed by atoms with Crippen LogP contribution in [0.25, 0.3) is 0 Å². The minimum atomic E-state index is -1.19. The zero-order valence-corrected chi connectivity index (χ0v) is 20.6. The highest BCUT2D eigenvalue weighted by Crippen LogP contribution is 2.38. The summed E-state index contributed by atoms with van der Waals surface area (Å²) in [5.41, 5.74) is -0.878. The Hall–Kier alpha value is -3.71. The van der Waals surface area contributed by atoms with Crippen molar-refractivity contribution in [2.45, 2.75) is 58.2 Å². The first-order valence-electron chi connectivity index (χ1n) is 11.0. The summed E-state index contributed by atoms with van der Waals surface area (Å²) in [5, 5.41) is 5.27. The van der Waals surface area contributed by atoms with Gasteiger partial charge in [0.25, 0.3) is 5.91 Å². The van der Waals surface area contributed by atoms with Gasteiger partial charge in [-0.15, -0.1) is 6.58 Å². The molecular formula is C27H32N2O5. The fraction of sp³-hybridized carbons (Fsp3) is 0.444. The molecule has 34 heavy (non-hydrogen) atoms. The van der Waals surface area contributed by atoms with Gasteiger partial charge in [-0.2, -0.15) is 0 Å². The van der Waals surface area contributed by atoms with Crippen LogP contribution in [0.15, 0.2) is 36.9 Å². The van der Waals surface area contributed by atoms with Gasteiger partial charge in [0.2, 0.25) is 0 Å². The third-order valence-corrected chi connectivity index (χ3v) is 5.07. The van der Waals surface area contributed by atoms with Crippen molar-refractivity contribution in [1.82, 2.24) is 10.6 Å². The molecule has 0 bridgehead atoms. The van der Waals surface area contributed by atoms with Crippen molar-refractivity contribution < 1.29 is 23.9 Å². The molecule has 1 saturated carbocycles. The molecule has 2 unspecified atom stereocenters. The smallest absolute Gasteiger partial charge is 0.408 e. The van der Waals surface area contributed by atoms with Crippen LogP contribution in [0.4, 0.5) is 4.79 Å². The molecule has 3 atom stereocenters. The van der Waals surface area contributed by atoms with Crippen LogP contribution in [0, 0.1) is 35.5 Å². The van der Waals surface area contributed by atoms with Gasteiger partial charge in [0.05, 0.1) is 12.6 Å². The molecule has 0 radical (unpaired) electrons. The number of carbonyl (C=O) groups excluding carboxylic acids is 3. The Morgan fingerprint density at radius 1 is 1.12 bits per heavy atom. The SMILES string of the molecule is C=CC1CC1C#CC#Cc1ccc(C(=O)N[C@H](C(=O)OC)C(C)(C)NC(=O)OC(C)(C)C)cc1. The van der Waals surface area contributed by atoms with E-state index in [1.54, 1.807) is 58.9 Å². The normalized spacial score (nSPS) is 17.5. The highest BCUT2D eigenvalue weighted by Gasteiger charge is 2.40. The van der Waals surface area contributed by atoms with Gasteiger partial charge >= 0.3 is 12.1 Å². The van der Waals surface area contributed by atoms with Gasteiger partial charge in [0.1, 0.15) is 11.6 Å². The maximum Gasteiger partial charge on any atom is 0.408 e. The van der Waals surface area contributed by atoms with Gasteiger partial charge < -0.3 is 20.1 Å². The van der Waals surface area contributed by atoms with Crippen LogP contribution < -0.4 is 10.6 Å². The molecule has 1 aliphatic rings. The molecule has 1 aromatic rings. The molecule has 1 aliphatic carbocycles. The summed E-state index contributed by atoms with van der Waals surface area (Å²) in [5.74, 6) is 11.3. The van der Waals surface area contributed by atoms with E-state index in [1.165, 1.54) is 7.11 Å². The fourth-order valence-corrected chi connectivity index (χ4v) is 3.08. The fourth-order valence-electron chi connectivity index (χ4n) is 3.08. The van der Waals surface area contributed by atoms with E-state index < -0.39 is 35.2 Å². The third kappa shape index (κ3) is 8.01. The van der Waals surface area contributed by atoms with E-state index in [4.69, 9.17) is 9.47 Å². The van der Waals surface area contributed by atoms with Crippen molar-refractivity contribution in [3.05, 3.63) is 48.0 Å². The van der Waals surface area contributed by atoms with E-state index >= 15 is 0 Å². The molecule has 180 valence electrons. The first kappa shape index (κ1) is 26.5. The molecule has 2 rings (SSSR count). The topological polar surface area (TPSA) is 93.7 Å². The zero-order chi connectivity index (χ0) is 25.5. The van der Waals surface area contributed by atoms with Crippen molar-refractivity contribution in [3.8, 4) is 23.7 Å². The van der Waals surface area contributed by atoms with Crippen LogP contribution in [0.5, 0.6) is 0 Å². The van der Waals surface area contributed by atoms with Crippen molar-refractivity contribution in [2.75, 3.05) is 7.11 Å². The number of benzene rings is 1. The molecule has 1 aromatic carbocycles. The number of ether oxygens (including phenoxy) is 2. The average Bonchev–Trinajstić information content (AvgIpc) is 3.51. The first-order chi connectivity index (χ1) is 15.9. The van der Waals surface area contributed by atoms with Crippen LogP contribution in [0.2, 0.25) is 0 Å². The van der Waals surface area contributed by atoms with Crippen molar-refractivity contribution in [2.24, 2.45) is 11.8 Å². The largest absolute Gasteiger partial charge is 0.467 e. The van der Waals surface area contributed by atoms with Crippen molar-refractivity contribution in [1.29, 1.82) is 0 Å². The van der Waals surface area contributed by atoms with E-state index in [0.717, 1.165) is 6.42 Å². The van der Waals surface area contributed by atoms with E-state index in [2.05, 4.69) is 40.9 Å². The molecule has 0 saturated heterocycles. The number of nitrogens with one attached hydrogen (secondary N) is 2. The molecular weight excluding hydrogens is 432 g/mol. The predicted molar refractivity (Wildman–Crippen MR) is 130 cm³/mol. The number of methoxy groups -OCH3 is 1. The average molecular weight is 465 g/mol. The molecule has 0 aliphatic heterocycles. The predicted octanol–water partition coefficient (Wildman–Crippen LogP) is 3.44. The highest BCUT2D eigenvalue weighted by molar-refractivity contribution is 5.97. The maximum atomic E-state index is 12.8. The van der Waals surface area contributed by atoms with Gasteiger partial charge in [-0.3, -0.25) is 4.79 Å². The van der Waals surface area contributed by atoms with Crippen molar-refractivity contribution >= 4 is 18.0 Å². The molecule has 2 amide bonds. The Kier molecular flexibility index (Phi) is 8.54. The number of hydrogen-bond donors (Lipinski definition) is 2. The lowest BCUT2D eigenvalue weighted by molar-refractivity contribution is -0.144. The second kappa shape index (κ2) is 10.9. The van der Waals surface area contributed by atoms with E-state index in [9.17, 15) is 14.4 Å². The van der Waals surface area contributed by atoms with Crippen molar-refractivity contribution in [3.63, 3.8) is 0 Å². The summed E-state index contributed by atoms with van der Waals surface area (Å²) >= 11 is 0. The molecule has 7 heteroatoms. The van der Waals surface area contributed by atoms with Crippen LogP contribution in [-0.2, 0) is 14.3 Å². The molecule has 2 N–H and O–H groups in total. The second-order valence-corrected chi connectivity index (χ2v) is 9.62. The summed E-state index contributed by atoms with van der Waals surface area (Å²) in [6.45, 7) is 12.1. The van der Waals surface area contributed by atoms with Gasteiger partial charge in [-0.25, -0.2) is 9.59 Å². The van der Waals surface area contributed by atoms with Crippen LogP contribution in [0.1, 0.15) is 57.0 Å². The van der Waals surface area contributed by atoms with Crippen LogP contribution in [-0.4, -0.2) is 42.3 Å². The minimum absolute atomic E-state index is 0.324. The van der Waals surface area contributed by atoms with Gasteiger partial charge in [0.15, 0.2) is 0 Å². The number of alkyl carbamates (subject to hydrolysis) is 1. The Labute approximate surface area is 201 Å². The standard InChI is InChI=1S/C27H32N2O5/c1-8-19-17-21(19)12-10-9-11-18-13-15-20(16-14-18)23(30)28-22(24(31)33-7)27(5,6)29-25(32)34-26(2,3)4/h8,13-16,19,21-22H,1,17H2,2-7H3,(H,28,30)(H,29,32)/t19?,21?,22-/m1/s1. The molecule has 1 fully saturated rings. The number of allylic oxidation sites excluding steroid dienone is 1. The Balaban J connectivity index is 2.07. The van der Waals surface area contributed by atoms with Gasteiger partial charge in [-0.05, 0) is 83.1 Å². The second-order valence-electron chi connectivity index (χ2n) is 9.62. The molecule has 0 heterocycles. The maximum absolute atomic E-state index is 12.8. The Morgan fingerprint density at radius 3 is 2.29 bits per heavy atom. The Bertz CT molecular complexity index is 1060. The lowest BCUT2D eigenvalue weighted by Crippen LogP contribution is -2.62.